The van der Waals surface area contributed by atoms with Gasteiger partial charge in [0.2, 0.25) is 0 Å². The van der Waals surface area contributed by atoms with Gasteiger partial charge in [0, 0.05) is 18.8 Å². The van der Waals surface area contributed by atoms with Crippen molar-refractivity contribution in [2.75, 3.05) is 18.4 Å². The molecule has 2 atom stereocenters. The molecule has 1 saturated heterocycles. The van der Waals surface area contributed by atoms with Gasteiger partial charge in [-0.25, -0.2) is 4.79 Å². The minimum Gasteiger partial charge on any atom is -0.372 e. The Morgan fingerprint density at radius 3 is 2.29 bits per heavy atom. The van der Waals surface area contributed by atoms with Crippen molar-refractivity contribution in [1.82, 2.24) is 4.90 Å². The Kier molecular flexibility index (Phi) is 7.78. The smallest absolute Gasteiger partial charge is 0.322 e. The van der Waals surface area contributed by atoms with Crippen molar-refractivity contribution in [3.63, 3.8) is 0 Å². The molecule has 1 saturated carbocycles. The molecule has 0 aromatic heterocycles. The number of morpholine rings is 1. The number of carbonyl (C=O) groups is 1. The fourth-order valence-electron chi connectivity index (χ4n) is 4.85. The normalized spacial score (nSPS) is 28.2. The molecule has 28 heavy (non-hydrogen) atoms. The molecule has 1 aliphatic carbocycles. The van der Waals surface area contributed by atoms with Gasteiger partial charge in [-0.1, -0.05) is 44.7 Å². The van der Waals surface area contributed by atoms with Crippen LogP contribution in [0.2, 0.25) is 0 Å². The minimum absolute atomic E-state index is 0.0256. The van der Waals surface area contributed by atoms with Gasteiger partial charge in [-0.2, -0.15) is 0 Å². The summed E-state index contributed by atoms with van der Waals surface area (Å²) >= 11 is 0. The molecule has 0 radical (unpaired) electrons. The molecule has 0 spiro atoms. The van der Waals surface area contributed by atoms with Crippen LogP contribution in [0.1, 0.15) is 83.6 Å². The highest BCUT2D eigenvalue weighted by molar-refractivity contribution is 5.89. The first-order chi connectivity index (χ1) is 13.5. The first kappa shape index (κ1) is 21.2. The summed E-state index contributed by atoms with van der Waals surface area (Å²) in [6.07, 6.45) is 11.1. The van der Waals surface area contributed by atoms with E-state index in [2.05, 4.69) is 36.5 Å². The van der Waals surface area contributed by atoms with E-state index in [0.717, 1.165) is 11.6 Å². The van der Waals surface area contributed by atoms with Crippen molar-refractivity contribution in [3.8, 4) is 0 Å². The van der Waals surface area contributed by atoms with E-state index in [-0.39, 0.29) is 18.2 Å². The number of hydrogen-bond acceptors (Lipinski definition) is 2. The molecule has 0 unspecified atom stereocenters. The van der Waals surface area contributed by atoms with Gasteiger partial charge in [0.25, 0.3) is 0 Å². The quantitative estimate of drug-likeness (QED) is 0.593. The van der Waals surface area contributed by atoms with Crippen LogP contribution in [0.25, 0.3) is 0 Å². The Labute approximate surface area is 171 Å². The third-order valence-electron chi connectivity index (χ3n) is 6.40. The molecule has 0 bridgehead atoms. The second-order valence-corrected chi connectivity index (χ2v) is 8.93. The summed E-state index contributed by atoms with van der Waals surface area (Å²) in [7, 11) is 0. The predicted octanol–water partition coefficient (Wildman–Crippen LogP) is 6.18. The lowest BCUT2D eigenvalue weighted by molar-refractivity contribution is -0.0530. The number of carbonyl (C=O) groups excluding carboxylic acids is 1. The maximum atomic E-state index is 12.5. The Hall–Kier alpha value is -1.55. The van der Waals surface area contributed by atoms with Gasteiger partial charge >= 0.3 is 6.03 Å². The number of ether oxygens (including phenoxy) is 1. The van der Waals surface area contributed by atoms with E-state index >= 15 is 0 Å². The maximum Gasteiger partial charge on any atom is 0.322 e. The second kappa shape index (κ2) is 10.3. The largest absolute Gasteiger partial charge is 0.372 e. The molecule has 2 fully saturated rings. The van der Waals surface area contributed by atoms with E-state index in [0.29, 0.717) is 19.0 Å². The maximum absolute atomic E-state index is 12.5. The van der Waals surface area contributed by atoms with E-state index in [1.807, 2.05) is 18.7 Å². The van der Waals surface area contributed by atoms with Crippen LogP contribution in [0.5, 0.6) is 0 Å². The highest BCUT2D eigenvalue weighted by Gasteiger charge is 2.26. The molecule has 1 aliphatic heterocycles. The van der Waals surface area contributed by atoms with Crippen molar-refractivity contribution >= 4 is 11.7 Å². The number of urea groups is 1. The Balaban J connectivity index is 1.47. The molecule has 4 nitrogen and oxygen atoms in total. The van der Waals surface area contributed by atoms with Crippen LogP contribution in [0, 0.1) is 5.92 Å². The Morgan fingerprint density at radius 1 is 1.04 bits per heavy atom. The van der Waals surface area contributed by atoms with Crippen molar-refractivity contribution in [2.45, 2.75) is 90.3 Å². The van der Waals surface area contributed by atoms with Crippen molar-refractivity contribution in [2.24, 2.45) is 5.92 Å². The molecule has 1 heterocycles. The van der Waals surface area contributed by atoms with Crippen LogP contribution in [0.4, 0.5) is 10.5 Å². The summed E-state index contributed by atoms with van der Waals surface area (Å²) in [6.45, 7) is 7.61. The zero-order valence-corrected chi connectivity index (χ0v) is 18.0. The monoisotopic (exact) mass is 386 g/mol. The summed E-state index contributed by atoms with van der Waals surface area (Å²) in [5, 5.41) is 3.05. The molecule has 3 rings (SSSR count). The number of anilines is 1. The van der Waals surface area contributed by atoms with Gasteiger partial charge in [-0.15, -0.1) is 0 Å². The van der Waals surface area contributed by atoms with Gasteiger partial charge in [-0.05, 0) is 69.1 Å². The molecular weight excluding hydrogens is 348 g/mol. The fraction of sp³-hybridized carbons (Fsp3) is 0.708. The lowest BCUT2D eigenvalue weighted by Gasteiger charge is -2.35. The fourth-order valence-corrected chi connectivity index (χ4v) is 4.85. The van der Waals surface area contributed by atoms with E-state index < -0.39 is 0 Å². The number of unbranched alkanes of at least 4 members (excludes halogenated alkanes) is 2. The zero-order chi connectivity index (χ0) is 19.9. The van der Waals surface area contributed by atoms with Crippen LogP contribution in [-0.4, -0.2) is 36.2 Å². The molecule has 2 amide bonds. The average molecular weight is 387 g/mol. The van der Waals surface area contributed by atoms with Crippen LogP contribution < -0.4 is 5.32 Å². The highest BCUT2D eigenvalue weighted by atomic mass is 16.5. The van der Waals surface area contributed by atoms with E-state index in [4.69, 9.17) is 4.74 Å². The summed E-state index contributed by atoms with van der Waals surface area (Å²) in [5.74, 6) is 1.63. The lowest BCUT2D eigenvalue weighted by atomic mass is 9.77. The molecule has 2 aliphatic rings. The van der Waals surface area contributed by atoms with E-state index in [9.17, 15) is 4.79 Å². The first-order valence-electron chi connectivity index (χ1n) is 11.4. The van der Waals surface area contributed by atoms with E-state index in [1.165, 1.54) is 56.9 Å². The van der Waals surface area contributed by atoms with Gasteiger partial charge in [0.05, 0.1) is 12.2 Å². The van der Waals surface area contributed by atoms with Crippen molar-refractivity contribution in [3.05, 3.63) is 29.8 Å². The summed E-state index contributed by atoms with van der Waals surface area (Å²) in [5.41, 5.74) is 2.31. The van der Waals surface area contributed by atoms with Gasteiger partial charge in [-0.3, -0.25) is 0 Å². The predicted molar refractivity (Wildman–Crippen MR) is 116 cm³/mol. The SMILES string of the molecule is CCCCCC1CCC(c2ccc(NC(=O)N3C[C@@H](C)O[C@H](C)C3)cc2)CC1. The standard InChI is InChI=1S/C24H38N2O2/c1-4-5-6-7-20-8-10-21(11-9-20)22-12-14-23(15-13-22)25-24(27)26-16-18(2)28-19(3)17-26/h12-15,18-21H,4-11,16-17H2,1-3H3,(H,25,27)/t18-,19-,20?,21?/m1/s1. The molecule has 156 valence electrons. The third-order valence-corrected chi connectivity index (χ3v) is 6.40. The van der Waals surface area contributed by atoms with Gasteiger partial charge < -0.3 is 15.0 Å². The summed E-state index contributed by atoms with van der Waals surface area (Å²) in [4.78, 5) is 14.4. The third kappa shape index (κ3) is 5.97. The number of benzene rings is 1. The van der Waals surface area contributed by atoms with Crippen LogP contribution in [0.15, 0.2) is 24.3 Å². The van der Waals surface area contributed by atoms with Gasteiger partial charge in [0.15, 0.2) is 0 Å². The average Bonchev–Trinajstić information content (AvgIpc) is 2.69. The molecule has 1 aromatic rings. The number of nitrogens with zero attached hydrogens (tertiary/aromatic N) is 1. The molecule has 4 heteroatoms. The first-order valence-corrected chi connectivity index (χ1v) is 11.4. The molecule has 1 N–H and O–H groups in total. The zero-order valence-electron chi connectivity index (χ0n) is 18.0. The highest BCUT2D eigenvalue weighted by Crippen LogP contribution is 2.38. The topological polar surface area (TPSA) is 41.6 Å². The van der Waals surface area contributed by atoms with Crippen LogP contribution in [-0.2, 0) is 4.74 Å². The summed E-state index contributed by atoms with van der Waals surface area (Å²) < 4.78 is 5.71. The number of nitrogens with one attached hydrogen (secondary N) is 1. The summed E-state index contributed by atoms with van der Waals surface area (Å²) in [6, 6.07) is 8.52. The molecule has 1 aromatic carbocycles. The van der Waals surface area contributed by atoms with E-state index in [1.54, 1.807) is 0 Å². The van der Waals surface area contributed by atoms with Crippen LogP contribution in [0.3, 0.4) is 0 Å². The minimum atomic E-state index is -0.0256. The Bertz CT molecular complexity index is 598. The van der Waals surface area contributed by atoms with Crippen molar-refractivity contribution in [1.29, 1.82) is 0 Å². The number of hydrogen-bond donors (Lipinski definition) is 1. The molecular formula is C24H38N2O2. The number of rotatable bonds is 6. The van der Waals surface area contributed by atoms with Gasteiger partial charge in [0.1, 0.15) is 0 Å². The lowest BCUT2D eigenvalue weighted by Crippen LogP contribution is -2.49. The van der Waals surface area contributed by atoms with Crippen LogP contribution >= 0.6 is 0 Å². The Morgan fingerprint density at radius 2 is 1.68 bits per heavy atom. The van der Waals surface area contributed by atoms with Crippen molar-refractivity contribution < 1.29 is 9.53 Å². The number of amides is 2. The second-order valence-electron chi connectivity index (χ2n) is 8.93.